The third kappa shape index (κ3) is 1.98. The zero-order chi connectivity index (χ0) is 15.3. The first-order valence-corrected chi connectivity index (χ1v) is 7.49. The van der Waals surface area contributed by atoms with Gasteiger partial charge in [-0.1, -0.05) is 24.3 Å². The van der Waals surface area contributed by atoms with Gasteiger partial charge in [0.1, 0.15) is 0 Å². The Labute approximate surface area is 128 Å². The standard InChI is InChI=1S/C18H16O4/c1-10-6-17(22-18(10)20)21-9-15-13-7-11-4-2-3-5-12(11)14(13)8-16(15)19/h2-6,9,13-14,17H,7-8H2,1H3/b15-9+/t13-,14?,17?/m0/s1. The predicted molar refractivity (Wildman–Crippen MR) is 78.8 cm³/mol. The Kier molecular flexibility index (Phi) is 2.93. The number of carbonyl (C=O) groups is 2. The summed E-state index contributed by atoms with van der Waals surface area (Å²) in [5, 5.41) is 0. The third-order valence-electron chi connectivity index (χ3n) is 4.77. The first-order valence-electron chi connectivity index (χ1n) is 7.49. The first-order chi connectivity index (χ1) is 10.6. The van der Waals surface area contributed by atoms with Crippen molar-refractivity contribution in [3.05, 3.63) is 58.9 Å². The predicted octanol–water partition coefficient (Wildman–Crippen LogP) is 2.65. The van der Waals surface area contributed by atoms with Gasteiger partial charge in [-0.05, 0) is 30.4 Å². The summed E-state index contributed by atoms with van der Waals surface area (Å²) in [4.78, 5) is 23.6. The van der Waals surface area contributed by atoms with Gasteiger partial charge in [-0.15, -0.1) is 0 Å². The van der Waals surface area contributed by atoms with Gasteiger partial charge in [0.15, 0.2) is 5.78 Å². The highest BCUT2D eigenvalue weighted by molar-refractivity contribution is 5.99. The molecule has 0 bridgehead atoms. The molecule has 0 amide bonds. The van der Waals surface area contributed by atoms with Crippen molar-refractivity contribution in [2.24, 2.45) is 5.92 Å². The van der Waals surface area contributed by atoms with E-state index in [2.05, 4.69) is 12.1 Å². The second-order valence-corrected chi connectivity index (χ2v) is 6.08. The zero-order valence-corrected chi connectivity index (χ0v) is 12.2. The van der Waals surface area contributed by atoms with Gasteiger partial charge in [0.25, 0.3) is 6.29 Å². The molecule has 3 atom stereocenters. The van der Waals surface area contributed by atoms with Gasteiger partial charge in [-0.25, -0.2) is 4.79 Å². The summed E-state index contributed by atoms with van der Waals surface area (Å²) in [5.74, 6) is 0.218. The lowest BCUT2D eigenvalue weighted by Crippen LogP contribution is -2.11. The summed E-state index contributed by atoms with van der Waals surface area (Å²) in [7, 11) is 0. The van der Waals surface area contributed by atoms with E-state index in [1.165, 1.54) is 17.4 Å². The first kappa shape index (κ1) is 13.3. The molecule has 22 heavy (non-hydrogen) atoms. The maximum Gasteiger partial charge on any atom is 0.336 e. The van der Waals surface area contributed by atoms with Crippen molar-refractivity contribution >= 4 is 11.8 Å². The summed E-state index contributed by atoms with van der Waals surface area (Å²) in [6.07, 6.45) is 3.83. The number of hydrogen-bond donors (Lipinski definition) is 0. The number of carbonyl (C=O) groups excluding carboxylic acids is 2. The molecule has 1 heterocycles. The van der Waals surface area contributed by atoms with E-state index in [-0.39, 0.29) is 23.6 Å². The molecule has 4 heteroatoms. The molecular formula is C18H16O4. The molecule has 2 unspecified atom stereocenters. The van der Waals surface area contributed by atoms with E-state index >= 15 is 0 Å². The summed E-state index contributed by atoms with van der Waals surface area (Å²) in [5.41, 5.74) is 3.86. The maximum absolute atomic E-state index is 12.3. The van der Waals surface area contributed by atoms with Crippen molar-refractivity contribution in [1.82, 2.24) is 0 Å². The smallest absolute Gasteiger partial charge is 0.336 e. The van der Waals surface area contributed by atoms with Gasteiger partial charge in [-0.2, -0.15) is 0 Å². The zero-order valence-electron chi connectivity index (χ0n) is 12.2. The fourth-order valence-electron chi connectivity index (χ4n) is 3.65. The van der Waals surface area contributed by atoms with E-state index in [1.807, 2.05) is 12.1 Å². The van der Waals surface area contributed by atoms with Crippen molar-refractivity contribution in [3.8, 4) is 0 Å². The SMILES string of the molecule is CC1=CC(O/C=C2/C(=O)CC3c4ccccc4C[C@H]23)OC1=O. The van der Waals surface area contributed by atoms with Crippen LogP contribution in [0.15, 0.2) is 47.7 Å². The van der Waals surface area contributed by atoms with Crippen molar-refractivity contribution < 1.29 is 19.1 Å². The Bertz CT molecular complexity index is 728. The Balaban J connectivity index is 1.55. The molecule has 1 aromatic rings. The second-order valence-electron chi connectivity index (χ2n) is 6.08. The van der Waals surface area contributed by atoms with Gasteiger partial charge < -0.3 is 9.47 Å². The minimum absolute atomic E-state index is 0.134. The highest BCUT2D eigenvalue weighted by Gasteiger charge is 2.44. The van der Waals surface area contributed by atoms with Crippen LogP contribution in [-0.2, 0) is 25.5 Å². The Morgan fingerprint density at radius 2 is 2.00 bits per heavy atom. The van der Waals surface area contributed by atoms with Crippen LogP contribution in [0.3, 0.4) is 0 Å². The molecule has 1 saturated carbocycles. The van der Waals surface area contributed by atoms with Crippen LogP contribution < -0.4 is 0 Å². The average Bonchev–Trinajstić information content (AvgIpc) is 3.10. The molecule has 112 valence electrons. The molecule has 0 aromatic heterocycles. The Hall–Kier alpha value is -2.36. The van der Waals surface area contributed by atoms with Gasteiger partial charge in [-0.3, -0.25) is 4.79 Å². The Morgan fingerprint density at radius 3 is 2.77 bits per heavy atom. The van der Waals surface area contributed by atoms with E-state index in [1.54, 1.807) is 13.0 Å². The third-order valence-corrected chi connectivity index (χ3v) is 4.77. The van der Waals surface area contributed by atoms with Crippen LogP contribution in [0.25, 0.3) is 0 Å². The molecule has 4 nitrogen and oxygen atoms in total. The summed E-state index contributed by atoms with van der Waals surface area (Å²) >= 11 is 0. The number of Topliss-reactive ketones (excluding diaryl/α,β-unsaturated/α-hetero) is 1. The maximum atomic E-state index is 12.3. The number of esters is 1. The van der Waals surface area contributed by atoms with Crippen LogP contribution >= 0.6 is 0 Å². The van der Waals surface area contributed by atoms with Crippen molar-refractivity contribution in [2.45, 2.75) is 32.0 Å². The molecule has 3 aliphatic rings. The lowest BCUT2D eigenvalue weighted by atomic mass is 9.95. The number of rotatable bonds is 2. The second kappa shape index (κ2) is 4.83. The number of ether oxygens (including phenoxy) is 2. The van der Waals surface area contributed by atoms with E-state index in [4.69, 9.17) is 9.47 Å². The van der Waals surface area contributed by atoms with Gasteiger partial charge in [0.05, 0.1) is 6.26 Å². The molecular weight excluding hydrogens is 280 g/mol. The lowest BCUT2D eigenvalue weighted by Gasteiger charge is -2.12. The lowest BCUT2D eigenvalue weighted by molar-refractivity contribution is -0.152. The van der Waals surface area contributed by atoms with E-state index < -0.39 is 6.29 Å². The highest BCUT2D eigenvalue weighted by Crippen LogP contribution is 2.49. The molecule has 1 aliphatic heterocycles. The van der Waals surface area contributed by atoms with E-state index in [9.17, 15) is 9.59 Å². The summed E-state index contributed by atoms with van der Waals surface area (Å²) < 4.78 is 10.5. The van der Waals surface area contributed by atoms with Crippen LogP contribution in [0.2, 0.25) is 0 Å². The fraction of sp³-hybridized carbons (Fsp3) is 0.333. The van der Waals surface area contributed by atoms with E-state index in [0.29, 0.717) is 12.0 Å². The number of ketones is 1. The molecule has 0 saturated heterocycles. The average molecular weight is 296 g/mol. The molecule has 0 N–H and O–H groups in total. The van der Waals surface area contributed by atoms with Crippen LogP contribution in [0.5, 0.6) is 0 Å². The van der Waals surface area contributed by atoms with Gasteiger partial charge >= 0.3 is 5.97 Å². The van der Waals surface area contributed by atoms with Crippen LogP contribution in [0.1, 0.15) is 30.4 Å². The van der Waals surface area contributed by atoms with Gasteiger partial charge in [0, 0.05) is 29.6 Å². The van der Waals surface area contributed by atoms with Crippen molar-refractivity contribution in [3.63, 3.8) is 0 Å². The van der Waals surface area contributed by atoms with Gasteiger partial charge in [0.2, 0.25) is 0 Å². The molecule has 4 rings (SSSR count). The van der Waals surface area contributed by atoms with Crippen molar-refractivity contribution in [2.75, 3.05) is 0 Å². The molecule has 1 fully saturated rings. The van der Waals surface area contributed by atoms with Crippen LogP contribution in [-0.4, -0.2) is 18.0 Å². The molecule has 2 aliphatic carbocycles. The normalized spacial score (nSPS) is 31.0. The number of fused-ring (bicyclic) bond motifs is 3. The summed E-state index contributed by atoms with van der Waals surface area (Å²) in [6, 6.07) is 8.30. The minimum Gasteiger partial charge on any atom is -0.458 e. The Morgan fingerprint density at radius 1 is 1.18 bits per heavy atom. The quantitative estimate of drug-likeness (QED) is 0.478. The summed E-state index contributed by atoms with van der Waals surface area (Å²) in [6.45, 7) is 1.68. The van der Waals surface area contributed by atoms with Crippen LogP contribution in [0, 0.1) is 5.92 Å². The molecule has 0 spiro atoms. The number of benzene rings is 1. The van der Waals surface area contributed by atoms with Crippen LogP contribution in [0.4, 0.5) is 0 Å². The molecule has 0 radical (unpaired) electrons. The fourth-order valence-corrected chi connectivity index (χ4v) is 3.65. The minimum atomic E-state index is -0.712. The largest absolute Gasteiger partial charge is 0.458 e. The van der Waals surface area contributed by atoms with E-state index in [0.717, 1.165) is 12.0 Å². The molecule has 1 aromatic carbocycles. The van der Waals surface area contributed by atoms with Crippen molar-refractivity contribution in [1.29, 1.82) is 0 Å². The number of cyclic esters (lactones) is 1. The topological polar surface area (TPSA) is 52.6 Å². The monoisotopic (exact) mass is 296 g/mol. The highest BCUT2D eigenvalue weighted by atomic mass is 16.7. The number of allylic oxidation sites excluding steroid dienone is 1. The number of hydrogen-bond acceptors (Lipinski definition) is 4.